The minimum atomic E-state index is -0.116. The largest absolute Gasteiger partial charge is 0.497 e. The Labute approximate surface area is 144 Å². The summed E-state index contributed by atoms with van der Waals surface area (Å²) in [5.41, 5.74) is 2.75. The highest BCUT2D eigenvalue weighted by Crippen LogP contribution is 2.23. The molecule has 0 aliphatic heterocycles. The summed E-state index contributed by atoms with van der Waals surface area (Å²) in [4.78, 5) is 12.2. The molecule has 0 fully saturated rings. The van der Waals surface area contributed by atoms with Crippen LogP contribution in [0.2, 0.25) is 0 Å². The number of hydrogen-bond donors (Lipinski definition) is 0. The molecular weight excluding hydrogens is 324 g/mol. The average Bonchev–Trinajstić information content (AvgIpc) is 3.03. The van der Waals surface area contributed by atoms with Crippen LogP contribution in [-0.2, 0) is 6.42 Å². The van der Waals surface area contributed by atoms with Crippen molar-refractivity contribution >= 4 is 16.9 Å². The molecule has 2 aromatic carbocycles. The third-order valence-corrected chi connectivity index (χ3v) is 4.19. The summed E-state index contributed by atoms with van der Waals surface area (Å²) in [6, 6.07) is 15.0. The molecule has 0 spiro atoms. The first-order valence-corrected chi connectivity index (χ1v) is 8.20. The summed E-state index contributed by atoms with van der Waals surface area (Å²) in [6.07, 6.45) is 0.510. The minimum Gasteiger partial charge on any atom is -0.497 e. The lowest BCUT2D eigenvalue weighted by Gasteiger charge is -2.00. The Kier molecular flexibility index (Phi) is 4.96. The van der Waals surface area contributed by atoms with E-state index in [1.54, 1.807) is 19.2 Å². The number of nitrogens with zero attached hydrogens (tertiary/aromatic N) is 2. The van der Waals surface area contributed by atoms with Crippen molar-refractivity contribution in [2.75, 3.05) is 7.11 Å². The van der Waals surface area contributed by atoms with E-state index < -0.39 is 0 Å². The van der Waals surface area contributed by atoms with Crippen molar-refractivity contribution in [2.24, 2.45) is 0 Å². The minimum absolute atomic E-state index is 0.116. The summed E-state index contributed by atoms with van der Waals surface area (Å²) < 4.78 is 10.7. The molecule has 3 aromatic rings. The van der Waals surface area contributed by atoms with Crippen LogP contribution in [0.15, 0.2) is 58.2 Å². The fourth-order valence-corrected chi connectivity index (χ4v) is 2.73. The van der Waals surface area contributed by atoms with E-state index in [9.17, 15) is 4.79 Å². The molecule has 5 nitrogen and oxygen atoms in total. The molecule has 0 saturated heterocycles. The summed E-state index contributed by atoms with van der Waals surface area (Å²) in [5.74, 6) is 1.27. The topological polar surface area (TPSA) is 65.2 Å². The Balaban J connectivity index is 1.64. The van der Waals surface area contributed by atoms with Crippen molar-refractivity contribution in [1.82, 2.24) is 10.2 Å². The van der Waals surface area contributed by atoms with Gasteiger partial charge in [0.25, 0.3) is 5.22 Å². The number of rotatable bonds is 5. The first kappa shape index (κ1) is 16.3. The van der Waals surface area contributed by atoms with Gasteiger partial charge in [0.1, 0.15) is 5.75 Å². The summed E-state index contributed by atoms with van der Waals surface area (Å²) in [6.45, 7) is 1.98. The number of thioether (sulfide) groups is 1. The quantitative estimate of drug-likeness (QED) is 0.656. The molecule has 0 aliphatic carbocycles. The van der Waals surface area contributed by atoms with Crippen molar-refractivity contribution in [1.29, 1.82) is 0 Å². The van der Waals surface area contributed by atoms with Gasteiger partial charge in [0.15, 0.2) is 0 Å². The van der Waals surface area contributed by atoms with Crippen LogP contribution in [0.4, 0.5) is 0 Å². The smallest absolute Gasteiger partial charge is 0.284 e. The van der Waals surface area contributed by atoms with Gasteiger partial charge < -0.3 is 9.15 Å². The van der Waals surface area contributed by atoms with E-state index in [1.165, 1.54) is 0 Å². The van der Waals surface area contributed by atoms with Crippen LogP contribution in [-0.4, -0.2) is 22.4 Å². The lowest BCUT2D eigenvalue weighted by Crippen LogP contribution is -1.93. The highest BCUT2D eigenvalue weighted by molar-refractivity contribution is 8.14. The van der Waals surface area contributed by atoms with Gasteiger partial charge in [-0.15, -0.1) is 10.2 Å². The van der Waals surface area contributed by atoms with Crippen LogP contribution >= 0.6 is 11.8 Å². The van der Waals surface area contributed by atoms with Crippen LogP contribution in [0.5, 0.6) is 5.75 Å². The van der Waals surface area contributed by atoms with Crippen molar-refractivity contribution in [3.8, 4) is 5.75 Å². The molecule has 0 amide bonds. The first-order valence-electron chi connectivity index (χ1n) is 7.38. The maximum absolute atomic E-state index is 12.2. The lowest BCUT2D eigenvalue weighted by molar-refractivity contribution is 0.108. The molecule has 0 atom stereocenters. The van der Waals surface area contributed by atoms with Crippen LogP contribution in [0, 0.1) is 6.92 Å². The van der Waals surface area contributed by atoms with Crippen LogP contribution < -0.4 is 4.74 Å². The van der Waals surface area contributed by atoms with Gasteiger partial charge in [-0.1, -0.05) is 42.0 Å². The van der Waals surface area contributed by atoms with Crippen molar-refractivity contribution in [3.63, 3.8) is 0 Å². The number of ether oxygens (including phenoxy) is 1. The molecule has 6 heteroatoms. The van der Waals surface area contributed by atoms with Gasteiger partial charge in [0.05, 0.1) is 13.5 Å². The maximum Gasteiger partial charge on any atom is 0.284 e. The molecule has 3 rings (SSSR count). The first-order chi connectivity index (χ1) is 11.6. The monoisotopic (exact) mass is 340 g/mol. The summed E-state index contributed by atoms with van der Waals surface area (Å²) in [7, 11) is 1.63. The van der Waals surface area contributed by atoms with Gasteiger partial charge >= 0.3 is 0 Å². The molecule has 24 heavy (non-hydrogen) atoms. The predicted molar refractivity (Wildman–Crippen MR) is 91.5 cm³/mol. The number of aryl methyl sites for hydroxylation is 1. The maximum atomic E-state index is 12.2. The van der Waals surface area contributed by atoms with Crippen LogP contribution in [0.3, 0.4) is 0 Å². The number of carbonyl (C=O) groups is 1. The third kappa shape index (κ3) is 4.02. The van der Waals surface area contributed by atoms with Gasteiger partial charge in [-0.2, -0.15) is 0 Å². The molecule has 1 aromatic heterocycles. The van der Waals surface area contributed by atoms with E-state index in [0.29, 0.717) is 17.9 Å². The zero-order chi connectivity index (χ0) is 16.9. The van der Waals surface area contributed by atoms with Crippen molar-refractivity contribution in [2.45, 2.75) is 18.6 Å². The Morgan fingerprint density at radius 1 is 1.08 bits per heavy atom. The molecule has 1 heterocycles. The molecule has 122 valence electrons. The van der Waals surface area contributed by atoms with E-state index in [1.807, 2.05) is 43.3 Å². The standard InChI is InChI=1S/C18H16N2O3S/c1-12-3-7-14(8-4-12)17(21)24-18-20-19-16(23-18)11-13-5-9-15(22-2)10-6-13/h3-10H,11H2,1-2H3. The molecule has 0 N–H and O–H groups in total. The van der Waals surface area contributed by atoms with E-state index in [2.05, 4.69) is 10.2 Å². The molecule has 0 bridgehead atoms. The van der Waals surface area contributed by atoms with E-state index in [4.69, 9.17) is 9.15 Å². The normalized spacial score (nSPS) is 10.6. The van der Waals surface area contributed by atoms with E-state index in [-0.39, 0.29) is 10.3 Å². The number of benzene rings is 2. The third-order valence-electron chi connectivity index (χ3n) is 3.43. The van der Waals surface area contributed by atoms with Gasteiger partial charge in [-0.25, -0.2) is 0 Å². The predicted octanol–water partition coefficient (Wildman–Crippen LogP) is 3.91. The summed E-state index contributed by atoms with van der Waals surface area (Å²) >= 11 is 0.941. The van der Waals surface area contributed by atoms with E-state index >= 15 is 0 Å². The van der Waals surface area contributed by atoms with Crippen molar-refractivity contribution in [3.05, 3.63) is 71.1 Å². The zero-order valence-electron chi connectivity index (χ0n) is 13.4. The zero-order valence-corrected chi connectivity index (χ0v) is 14.2. The second-order valence-electron chi connectivity index (χ2n) is 5.24. The van der Waals surface area contributed by atoms with Gasteiger partial charge in [-0.05, 0) is 24.6 Å². The molecule has 0 aliphatic rings. The Morgan fingerprint density at radius 2 is 1.79 bits per heavy atom. The molecule has 0 radical (unpaired) electrons. The SMILES string of the molecule is COc1ccc(Cc2nnc(SC(=O)c3ccc(C)cc3)o2)cc1. The van der Waals surface area contributed by atoms with Crippen LogP contribution in [0.25, 0.3) is 0 Å². The van der Waals surface area contributed by atoms with E-state index in [0.717, 1.165) is 28.6 Å². The molecular formula is C18H16N2O3S. The Hall–Kier alpha value is -2.60. The summed E-state index contributed by atoms with van der Waals surface area (Å²) in [5, 5.41) is 8.06. The fourth-order valence-electron chi connectivity index (χ4n) is 2.10. The molecule has 0 unspecified atom stereocenters. The van der Waals surface area contributed by atoms with Crippen molar-refractivity contribution < 1.29 is 13.9 Å². The van der Waals surface area contributed by atoms with Gasteiger partial charge in [-0.3, -0.25) is 4.79 Å². The van der Waals surface area contributed by atoms with Crippen LogP contribution in [0.1, 0.15) is 27.4 Å². The lowest BCUT2D eigenvalue weighted by atomic mass is 10.1. The Bertz CT molecular complexity index is 826. The fraction of sp³-hybridized carbons (Fsp3) is 0.167. The number of methoxy groups -OCH3 is 1. The highest BCUT2D eigenvalue weighted by atomic mass is 32.2. The molecule has 0 saturated carbocycles. The number of carbonyl (C=O) groups excluding carboxylic acids is 1. The second-order valence-corrected chi connectivity index (χ2v) is 6.17. The van der Waals surface area contributed by atoms with Gasteiger partial charge in [0, 0.05) is 17.3 Å². The second kappa shape index (κ2) is 7.31. The highest BCUT2D eigenvalue weighted by Gasteiger charge is 2.14. The number of aromatic nitrogens is 2. The average molecular weight is 340 g/mol. The Morgan fingerprint density at radius 3 is 2.46 bits per heavy atom. The van der Waals surface area contributed by atoms with Gasteiger partial charge in [0.2, 0.25) is 11.0 Å². The number of hydrogen-bond acceptors (Lipinski definition) is 6.